The highest BCUT2D eigenvalue weighted by Gasteiger charge is 2.37. The lowest BCUT2D eigenvalue weighted by Crippen LogP contribution is -2.51. The first-order valence-corrected chi connectivity index (χ1v) is 11.6. The second-order valence-corrected chi connectivity index (χ2v) is 9.25. The van der Waals surface area contributed by atoms with Crippen molar-refractivity contribution in [1.82, 2.24) is 14.5 Å². The predicted molar refractivity (Wildman–Crippen MR) is 115 cm³/mol. The van der Waals surface area contributed by atoms with Gasteiger partial charge in [-0.15, -0.1) is 0 Å². The predicted octanol–water partition coefficient (Wildman–Crippen LogP) is 2.57. The second-order valence-electron chi connectivity index (χ2n) is 7.36. The molecule has 2 aromatic carbocycles. The molecule has 8 nitrogen and oxygen atoms in total. The molecule has 31 heavy (non-hydrogen) atoms. The van der Waals surface area contributed by atoms with Gasteiger partial charge in [0.05, 0.1) is 4.90 Å². The Bertz CT molecular complexity index is 969. The van der Waals surface area contributed by atoms with Crippen LogP contribution in [0.2, 0.25) is 0 Å². The number of hydrogen-bond donors (Lipinski definition) is 1. The largest absolute Gasteiger partial charge is 0.429 e. The second kappa shape index (κ2) is 10.4. The van der Waals surface area contributed by atoms with E-state index in [0.717, 1.165) is 12.0 Å². The Labute approximate surface area is 182 Å². The van der Waals surface area contributed by atoms with Gasteiger partial charge in [-0.3, -0.25) is 9.69 Å². The van der Waals surface area contributed by atoms with Crippen LogP contribution in [0.25, 0.3) is 0 Å². The average molecular weight is 446 g/mol. The van der Waals surface area contributed by atoms with E-state index in [1.165, 1.54) is 28.4 Å². The van der Waals surface area contributed by atoms with Crippen LogP contribution < -0.4 is 5.32 Å². The minimum absolute atomic E-state index is 0.163. The first-order valence-electron chi connectivity index (χ1n) is 10.2. The summed E-state index contributed by atoms with van der Waals surface area (Å²) in [6, 6.07) is 17.5. The lowest BCUT2D eigenvalue weighted by molar-refractivity contribution is -0.111. The summed E-state index contributed by atoms with van der Waals surface area (Å²) < 4.78 is 33.0. The number of carbonyl (C=O) groups is 2. The molecule has 0 unspecified atom stereocenters. The number of nitrogens with zero attached hydrogens (tertiary/aromatic N) is 2. The van der Waals surface area contributed by atoms with Crippen LogP contribution in [0.4, 0.5) is 4.79 Å². The van der Waals surface area contributed by atoms with Gasteiger partial charge in [0.25, 0.3) is 0 Å². The number of amides is 2. The van der Waals surface area contributed by atoms with Crippen molar-refractivity contribution in [2.24, 2.45) is 0 Å². The van der Waals surface area contributed by atoms with Gasteiger partial charge in [-0.1, -0.05) is 48.5 Å². The quantitative estimate of drug-likeness (QED) is 0.498. The number of rotatable bonds is 8. The average Bonchev–Trinajstić information content (AvgIpc) is 2.80. The molecule has 2 atom stereocenters. The topological polar surface area (TPSA) is 96.0 Å². The SMILES string of the molecule is CN(C(=O)O[C@H]1CCCCN1S(=O)(=O)c1ccccc1)[C@@H](Cc1ccccc1)NC=O. The monoisotopic (exact) mass is 445 g/mol. The fourth-order valence-electron chi connectivity index (χ4n) is 3.55. The van der Waals surface area contributed by atoms with Crippen LogP contribution >= 0.6 is 0 Å². The highest BCUT2D eigenvalue weighted by molar-refractivity contribution is 7.89. The summed E-state index contributed by atoms with van der Waals surface area (Å²) >= 11 is 0. The number of sulfonamides is 1. The summed E-state index contributed by atoms with van der Waals surface area (Å²) in [6.45, 7) is 0.277. The molecule has 0 spiro atoms. The molecule has 0 saturated carbocycles. The highest BCUT2D eigenvalue weighted by Crippen LogP contribution is 2.26. The van der Waals surface area contributed by atoms with Gasteiger partial charge in [0.1, 0.15) is 6.17 Å². The third-order valence-electron chi connectivity index (χ3n) is 5.28. The number of nitrogens with one attached hydrogen (secondary N) is 1. The van der Waals surface area contributed by atoms with E-state index in [4.69, 9.17) is 4.74 Å². The molecular formula is C22H27N3O5S. The van der Waals surface area contributed by atoms with Crippen molar-refractivity contribution in [3.8, 4) is 0 Å². The molecule has 1 N–H and O–H groups in total. The van der Waals surface area contributed by atoms with E-state index < -0.39 is 28.5 Å². The first-order chi connectivity index (χ1) is 14.9. The summed E-state index contributed by atoms with van der Waals surface area (Å²) in [5.41, 5.74) is 0.937. The van der Waals surface area contributed by atoms with Crippen LogP contribution in [0.1, 0.15) is 24.8 Å². The smallest absolute Gasteiger partial charge is 0.412 e. The summed E-state index contributed by atoms with van der Waals surface area (Å²) in [5, 5.41) is 2.63. The summed E-state index contributed by atoms with van der Waals surface area (Å²) in [6.07, 6.45) is 0.553. The lowest BCUT2D eigenvalue weighted by Gasteiger charge is -2.36. The molecule has 0 aromatic heterocycles. The van der Waals surface area contributed by atoms with Crippen molar-refractivity contribution >= 4 is 22.5 Å². The zero-order valence-corrected chi connectivity index (χ0v) is 18.2. The molecule has 0 bridgehead atoms. The fourth-order valence-corrected chi connectivity index (χ4v) is 5.14. The molecule has 2 amide bonds. The van der Waals surface area contributed by atoms with Crippen molar-refractivity contribution in [1.29, 1.82) is 0 Å². The van der Waals surface area contributed by atoms with E-state index in [-0.39, 0.29) is 11.4 Å². The molecule has 1 heterocycles. The van der Waals surface area contributed by atoms with Crippen molar-refractivity contribution in [2.75, 3.05) is 13.6 Å². The molecule has 2 aromatic rings. The minimum atomic E-state index is -3.80. The van der Waals surface area contributed by atoms with Crippen LogP contribution in [-0.2, 0) is 26.0 Å². The zero-order valence-electron chi connectivity index (χ0n) is 17.4. The molecule has 166 valence electrons. The van der Waals surface area contributed by atoms with Crippen LogP contribution in [0, 0.1) is 0 Å². The van der Waals surface area contributed by atoms with Crippen molar-refractivity contribution in [2.45, 2.75) is 43.0 Å². The first kappa shape index (κ1) is 22.8. The molecule has 1 fully saturated rings. The summed E-state index contributed by atoms with van der Waals surface area (Å²) in [4.78, 5) is 25.4. The van der Waals surface area contributed by atoms with Crippen molar-refractivity contribution in [3.05, 3.63) is 66.2 Å². The lowest BCUT2D eigenvalue weighted by atomic mass is 10.1. The maximum Gasteiger partial charge on any atom is 0.412 e. The summed E-state index contributed by atoms with van der Waals surface area (Å²) in [7, 11) is -2.28. The van der Waals surface area contributed by atoms with E-state index in [1.54, 1.807) is 18.2 Å². The molecule has 1 saturated heterocycles. The Morgan fingerprint density at radius 3 is 2.45 bits per heavy atom. The number of likely N-dealkylation sites (N-methyl/N-ethyl adjacent to an activating group) is 1. The maximum atomic E-state index is 13.1. The number of hydrogen-bond acceptors (Lipinski definition) is 5. The van der Waals surface area contributed by atoms with Gasteiger partial charge in [0, 0.05) is 20.0 Å². The van der Waals surface area contributed by atoms with E-state index in [2.05, 4.69) is 5.32 Å². The van der Waals surface area contributed by atoms with Crippen molar-refractivity contribution in [3.63, 3.8) is 0 Å². The van der Waals surface area contributed by atoms with Crippen molar-refractivity contribution < 1.29 is 22.7 Å². The van der Waals surface area contributed by atoms with Gasteiger partial charge in [-0.25, -0.2) is 13.2 Å². The van der Waals surface area contributed by atoms with Gasteiger partial charge in [-0.05, 0) is 37.0 Å². The van der Waals surface area contributed by atoms with Gasteiger partial charge in [-0.2, -0.15) is 4.31 Å². The summed E-state index contributed by atoms with van der Waals surface area (Å²) in [5.74, 6) is 0. The highest BCUT2D eigenvalue weighted by atomic mass is 32.2. The molecular weight excluding hydrogens is 418 g/mol. The Morgan fingerprint density at radius 2 is 1.81 bits per heavy atom. The van der Waals surface area contributed by atoms with Crippen LogP contribution in [0.3, 0.4) is 0 Å². The molecule has 0 aliphatic carbocycles. The number of ether oxygens (including phenoxy) is 1. The fraction of sp³-hybridized carbons (Fsp3) is 0.364. The van der Waals surface area contributed by atoms with Crippen LogP contribution in [0.15, 0.2) is 65.6 Å². The Hall–Kier alpha value is -2.91. The molecule has 9 heteroatoms. The van der Waals surface area contributed by atoms with E-state index in [0.29, 0.717) is 25.7 Å². The Morgan fingerprint density at radius 1 is 1.16 bits per heavy atom. The van der Waals surface area contributed by atoms with Gasteiger partial charge in [0.15, 0.2) is 6.23 Å². The van der Waals surface area contributed by atoms with E-state index >= 15 is 0 Å². The Balaban J connectivity index is 1.73. The van der Waals surface area contributed by atoms with Gasteiger partial charge >= 0.3 is 6.09 Å². The van der Waals surface area contributed by atoms with E-state index in [1.807, 2.05) is 30.3 Å². The van der Waals surface area contributed by atoms with Gasteiger partial charge < -0.3 is 10.1 Å². The third-order valence-corrected chi connectivity index (χ3v) is 7.18. The minimum Gasteiger partial charge on any atom is -0.429 e. The van der Waals surface area contributed by atoms with Crippen LogP contribution in [0.5, 0.6) is 0 Å². The molecule has 0 radical (unpaired) electrons. The van der Waals surface area contributed by atoms with Crippen LogP contribution in [-0.4, -0.2) is 56.1 Å². The molecule has 1 aliphatic rings. The maximum absolute atomic E-state index is 13.1. The van der Waals surface area contributed by atoms with E-state index in [9.17, 15) is 18.0 Å². The number of piperidine rings is 1. The van der Waals surface area contributed by atoms with Gasteiger partial charge in [0.2, 0.25) is 16.4 Å². The zero-order chi connectivity index (χ0) is 22.3. The normalized spacial score (nSPS) is 18.0. The number of benzene rings is 2. The molecule has 1 aliphatic heterocycles. The third kappa shape index (κ3) is 5.62. The number of carbonyl (C=O) groups excluding carboxylic acids is 2. The molecule has 3 rings (SSSR count). The Kier molecular flexibility index (Phi) is 7.64. The standard InChI is InChI=1S/C22H27N3O5S/c1-24(20(23-17-26)16-18-10-4-2-5-11-18)22(27)30-21-14-8-9-15-25(21)31(28,29)19-12-6-3-7-13-19/h2-7,10-13,17,20-21H,8-9,14-16H2,1H3,(H,23,26)/t20-,21-/m0/s1.